The number of thiophene rings is 2. The second-order valence-electron chi connectivity index (χ2n) is 34.4. The quantitative estimate of drug-likeness (QED) is 0.147. The molecule has 0 amide bonds. The first-order chi connectivity index (χ1) is 53.7. The van der Waals surface area contributed by atoms with E-state index < -0.39 is 5.41 Å². The number of anilines is 6. The van der Waals surface area contributed by atoms with Crippen molar-refractivity contribution >= 4 is 143 Å². The monoisotopic (exact) mass is 1440 g/mol. The van der Waals surface area contributed by atoms with E-state index in [4.69, 9.17) is 0 Å². The van der Waals surface area contributed by atoms with Gasteiger partial charge >= 0.3 is 0 Å². The van der Waals surface area contributed by atoms with Crippen molar-refractivity contribution in [2.75, 3.05) is 9.80 Å². The summed E-state index contributed by atoms with van der Waals surface area (Å²) in [4.78, 5) is 5.43. The van der Waals surface area contributed by atoms with Crippen LogP contribution in [0.3, 0.4) is 0 Å². The van der Waals surface area contributed by atoms with E-state index in [1.807, 2.05) is 22.7 Å². The number of hydrogen-bond acceptors (Lipinski definition) is 4. The average molecular weight is 1440 g/mol. The van der Waals surface area contributed by atoms with Gasteiger partial charge in [-0.3, -0.25) is 0 Å². The molecule has 2 atom stereocenters. The lowest BCUT2D eigenvalue weighted by atomic mass is 9.36. The Kier molecular flexibility index (Phi) is 12.2. The zero-order chi connectivity index (χ0) is 73.0. The van der Waals surface area contributed by atoms with E-state index in [-0.39, 0.29) is 30.2 Å². The maximum atomic E-state index is 2.84. The summed E-state index contributed by atoms with van der Waals surface area (Å²) >= 11 is 3.85. The first-order valence-corrected chi connectivity index (χ1v) is 41.3. The molecule has 110 heavy (non-hydrogen) atoms. The van der Waals surface area contributed by atoms with Crippen LogP contribution in [0.1, 0.15) is 123 Å². The van der Waals surface area contributed by atoms with E-state index in [2.05, 4.69) is 344 Å². The van der Waals surface area contributed by atoms with Crippen LogP contribution >= 0.6 is 22.7 Å². The summed E-state index contributed by atoms with van der Waals surface area (Å²) in [6, 6.07) is 110. The van der Waals surface area contributed by atoms with Crippen molar-refractivity contribution in [2.45, 2.75) is 89.9 Å². The summed E-state index contributed by atoms with van der Waals surface area (Å²) in [5, 5.41) is 5.33. The van der Waals surface area contributed by atoms with Crippen LogP contribution in [0.4, 0.5) is 34.1 Å². The summed E-state index contributed by atoms with van der Waals surface area (Å²) in [5.74, 6) is 0.688. The highest BCUT2D eigenvalue weighted by Crippen LogP contribution is 2.68. The third-order valence-electron chi connectivity index (χ3n) is 27.8. The van der Waals surface area contributed by atoms with Gasteiger partial charge in [-0.1, -0.05) is 266 Å². The van der Waals surface area contributed by atoms with Crippen LogP contribution in [0, 0.1) is 0 Å². The Morgan fingerprint density at radius 3 is 1.71 bits per heavy atom. The van der Waals surface area contributed by atoms with Gasteiger partial charge in [-0.15, -0.1) is 22.7 Å². The topological polar surface area (TPSA) is 6.48 Å². The Bertz CT molecular complexity index is 7120. The minimum atomic E-state index is -0.475. The molecular formula is C104H74B2N2S2. The predicted octanol–water partition coefficient (Wildman–Crippen LogP) is 24.0. The van der Waals surface area contributed by atoms with Gasteiger partial charge in [0.1, 0.15) is 0 Å². The van der Waals surface area contributed by atoms with E-state index in [0.717, 1.165) is 6.42 Å². The van der Waals surface area contributed by atoms with Gasteiger partial charge in [0.15, 0.2) is 0 Å². The molecule has 0 N–H and O–H groups in total. The lowest BCUT2D eigenvalue weighted by Gasteiger charge is -2.49. The molecule has 2 aromatic heterocycles. The fraction of sp³-hybridized carbons (Fsp3) is 0.135. The van der Waals surface area contributed by atoms with Crippen molar-refractivity contribution in [2.24, 2.45) is 0 Å². The van der Waals surface area contributed by atoms with Crippen molar-refractivity contribution in [1.82, 2.24) is 0 Å². The third kappa shape index (κ3) is 7.81. The normalized spacial score (nSPS) is 16.6. The molecule has 5 aliphatic heterocycles. The lowest BCUT2D eigenvalue weighted by Crippen LogP contribution is -2.57. The molecule has 6 heteroatoms. The van der Waals surface area contributed by atoms with Crippen molar-refractivity contribution in [3.63, 3.8) is 0 Å². The van der Waals surface area contributed by atoms with E-state index in [9.17, 15) is 0 Å². The highest BCUT2D eigenvalue weighted by atomic mass is 32.1. The largest absolute Gasteiger partial charge is 0.311 e. The van der Waals surface area contributed by atoms with E-state index in [1.54, 1.807) is 0 Å². The van der Waals surface area contributed by atoms with E-state index in [0.29, 0.717) is 5.92 Å². The molecule has 7 heterocycles. The fourth-order valence-corrected chi connectivity index (χ4v) is 25.2. The molecule has 2 nitrogen and oxygen atoms in total. The average Bonchev–Trinajstić information content (AvgIpc) is 1.46. The Morgan fingerprint density at radius 1 is 0.327 bits per heavy atom. The molecule has 3 aliphatic carbocycles. The second kappa shape index (κ2) is 21.5. The summed E-state index contributed by atoms with van der Waals surface area (Å²) < 4.78 is 5.32. The zero-order valence-corrected chi connectivity index (χ0v) is 64.4. The number of rotatable bonds is 7. The summed E-state index contributed by atoms with van der Waals surface area (Å²) in [6.07, 6.45) is 0.923. The molecule has 15 aromatic carbocycles. The van der Waals surface area contributed by atoms with Crippen molar-refractivity contribution in [3.05, 3.63) is 335 Å². The zero-order valence-electron chi connectivity index (χ0n) is 62.8. The minimum Gasteiger partial charge on any atom is -0.311 e. The summed E-state index contributed by atoms with van der Waals surface area (Å²) in [5.41, 5.74) is 48.1. The number of hydrogen-bond donors (Lipinski definition) is 0. The van der Waals surface area contributed by atoms with E-state index in [1.165, 1.54) is 241 Å². The fourth-order valence-electron chi connectivity index (χ4n) is 23.0. The van der Waals surface area contributed by atoms with Crippen molar-refractivity contribution < 1.29 is 0 Å². The molecule has 25 rings (SSSR count). The molecule has 2 unspecified atom stereocenters. The summed E-state index contributed by atoms with van der Waals surface area (Å²) in [6.45, 7) is 19.8. The number of benzene rings is 15. The highest BCUT2D eigenvalue weighted by molar-refractivity contribution is 7.26. The van der Waals surface area contributed by atoms with Crippen LogP contribution in [0.2, 0.25) is 0 Å². The molecule has 0 saturated heterocycles. The van der Waals surface area contributed by atoms with Crippen LogP contribution in [0.15, 0.2) is 279 Å². The van der Waals surface area contributed by atoms with Gasteiger partial charge in [0.25, 0.3) is 0 Å². The molecule has 0 radical (unpaired) electrons. The predicted molar refractivity (Wildman–Crippen MR) is 471 cm³/mol. The molecule has 0 saturated carbocycles. The van der Waals surface area contributed by atoms with Gasteiger partial charge in [0.2, 0.25) is 13.4 Å². The van der Waals surface area contributed by atoms with Crippen LogP contribution in [-0.2, 0) is 22.7 Å². The minimum absolute atomic E-state index is 0.0340. The number of fused-ring (bicyclic) bond motifs is 30. The third-order valence-corrected chi connectivity index (χ3v) is 30.1. The van der Waals surface area contributed by atoms with Crippen LogP contribution in [0.5, 0.6) is 0 Å². The Labute approximate surface area is 650 Å². The molecule has 0 bridgehead atoms. The van der Waals surface area contributed by atoms with Crippen LogP contribution in [-0.4, -0.2) is 13.4 Å². The molecule has 0 spiro atoms. The SMILES string of the molecule is CC(C)c1ccc(N2c3ccc(C(C)Cc4ccc5sc6cc(-c7cc8c9c%10c7C7(C)c%11ccccc%11-c%11cccc(c%117)N%10c7c(ccc%10c7C(C)(C)c7ccccc7-%10)B9c7ccc9c(c7-8)C(C)(C)c7ccccc7-9)ccc6c5c4)cc3B3c4ccccc4-c4cc(-c5ccc6c(c5)sc5ccccc56)cc2c43)cc1. The van der Waals surface area contributed by atoms with E-state index >= 15 is 0 Å². The lowest BCUT2D eigenvalue weighted by molar-refractivity contribution is 0.659. The second-order valence-corrected chi connectivity index (χ2v) is 36.6. The Balaban J connectivity index is 0.638. The van der Waals surface area contributed by atoms with Gasteiger partial charge in [-0.05, 0) is 253 Å². The van der Waals surface area contributed by atoms with Crippen LogP contribution in [0.25, 0.3) is 118 Å². The molecule has 17 aromatic rings. The standard InChI is InChI=1S/C104H74B2N2S2/c1-56(2)59-33-38-64(39-34-59)107-86-46-37-60(51-85(86)105-82-29-17-12-23-68(82)77-50-63(52-88(107)98(77)105)61-35-40-70-69-24-13-18-31-89(69)109-91(70)53-61)57(3)48-58-32-47-90-76(49-58)71-41-36-62(54-92(71)110-90)75-55-78-93-83(44-42-73-65-20-9-14-26-79(65)102(4,5)95(73)93)106-84-45-43-74-66-21-10-15-27-80(66)103(6,7)96(74)100(84)108-87-30-19-25-72-67-22-11-16-28-81(67)104(8,94(72)87)97(75)101(108)99(78)106/h9-47,49-57H,48H2,1-8H3. The molecule has 0 fully saturated rings. The maximum absolute atomic E-state index is 2.84. The summed E-state index contributed by atoms with van der Waals surface area (Å²) in [7, 11) is 0. The molecule has 518 valence electrons. The number of nitrogens with zero attached hydrogens (tertiary/aromatic N) is 2. The molecular weight excluding hydrogens is 1360 g/mol. The van der Waals surface area contributed by atoms with Crippen molar-refractivity contribution in [1.29, 1.82) is 0 Å². The Hall–Kier alpha value is -11.5. The van der Waals surface area contributed by atoms with Gasteiger partial charge < -0.3 is 9.80 Å². The van der Waals surface area contributed by atoms with Crippen LogP contribution < -0.4 is 42.6 Å². The van der Waals surface area contributed by atoms with Gasteiger partial charge in [0, 0.05) is 85.0 Å². The van der Waals surface area contributed by atoms with Gasteiger partial charge in [-0.2, -0.15) is 0 Å². The first-order valence-electron chi connectivity index (χ1n) is 39.7. The van der Waals surface area contributed by atoms with Gasteiger partial charge in [0.05, 0.1) is 5.69 Å². The van der Waals surface area contributed by atoms with Gasteiger partial charge in [-0.25, -0.2) is 0 Å². The van der Waals surface area contributed by atoms with Crippen molar-refractivity contribution in [3.8, 4) is 77.9 Å². The molecule has 8 aliphatic rings. The highest BCUT2D eigenvalue weighted by Gasteiger charge is 2.58. The first kappa shape index (κ1) is 62.4. The Morgan fingerprint density at radius 2 is 0.936 bits per heavy atom. The smallest absolute Gasteiger partial charge is 0.248 e. The maximum Gasteiger partial charge on any atom is 0.248 e.